The van der Waals surface area contributed by atoms with Crippen molar-refractivity contribution in [1.82, 2.24) is 10.2 Å². The number of amides is 1. The third-order valence-corrected chi connectivity index (χ3v) is 4.42. The van der Waals surface area contributed by atoms with Crippen LogP contribution in [0.15, 0.2) is 0 Å². The molecule has 2 unspecified atom stereocenters. The highest BCUT2D eigenvalue weighted by Crippen LogP contribution is 2.28. The highest BCUT2D eigenvalue weighted by atomic mass is 16.3. The van der Waals surface area contributed by atoms with Gasteiger partial charge in [0.15, 0.2) is 0 Å². The molecule has 0 aromatic carbocycles. The molecule has 0 radical (unpaired) electrons. The molecule has 0 aliphatic carbocycles. The van der Waals surface area contributed by atoms with Crippen LogP contribution in [-0.4, -0.2) is 47.2 Å². The van der Waals surface area contributed by atoms with Crippen LogP contribution in [0.4, 0.5) is 0 Å². The van der Waals surface area contributed by atoms with E-state index >= 15 is 0 Å². The fraction of sp³-hybridized carbons (Fsp3) is 0.929. The van der Waals surface area contributed by atoms with Crippen LogP contribution in [0.3, 0.4) is 0 Å². The molecule has 2 atom stereocenters. The summed E-state index contributed by atoms with van der Waals surface area (Å²) in [6, 6.07) is 0.352. The van der Waals surface area contributed by atoms with Crippen molar-refractivity contribution < 1.29 is 9.90 Å². The molecule has 2 aliphatic heterocycles. The Labute approximate surface area is 110 Å². The summed E-state index contributed by atoms with van der Waals surface area (Å²) in [5.41, 5.74) is -0.347. The number of hydrogen-bond donors (Lipinski definition) is 2. The Bertz CT molecular complexity index is 288. The van der Waals surface area contributed by atoms with Crippen LogP contribution in [0.1, 0.15) is 51.9 Å². The number of rotatable bonds is 4. The zero-order valence-electron chi connectivity index (χ0n) is 11.5. The lowest BCUT2D eigenvalue weighted by molar-refractivity contribution is -0.139. The van der Waals surface area contributed by atoms with Crippen molar-refractivity contribution >= 4 is 5.91 Å². The lowest BCUT2D eigenvalue weighted by atomic mass is 9.89. The Hall–Kier alpha value is -0.610. The van der Waals surface area contributed by atoms with Crippen molar-refractivity contribution in [2.24, 2.45) is 0 Å². The first-order chi connectivity index (χ1) is 8.67. The number of aliphatic hydroxyl groups is 1. The minimum absolute atomic E-state index is 0.230. The second-order valence-electron chi connectivity index (χ2n) is 5.88. The van der Waals surface area contributed by atoms with Crippen LogP contribution in [-0.2, 0) is 4.79 Å². The Morgan fingerprint density at radius 1 is 1.44 bits per heavy atom. The summed E-state index contributed by atoms with van der Waals surface area (Å²) in [5, 5.41) is 12.3. The van der Waals surface area contributed by atoms with Crippen LogP contribution in [0.25, 0.3) is 0 Å². The molecule has 2 heterocycles. The number of piperidine rings is 1. The predicted octanol–water partition coefficient (Wildman–Crippen LogP) is 1.28. The Kier molecular flexibility index (Phi) is 4.62. The third kappa shape index (κ3) is 2.86. The van der Waals surface area contributed by atoms with E-state index in [1.54, 1.807) is 0 Å². The molecule has 18 heavy (non-hydrogen) atoms. The topological polar surface area (TPSA) is 52.6 Å². The Morgan fingerprint density at radius 3 is 2.94 bits per heavy atom. The van der Waals surface area contributed by atoms with Crippen molar-refractivity contribution in [3.05, 3.63) is 0 Å². The van der Waals surface area contributed by atoms with Gasteiger partial charge in [-0.25, -0.2) is 0 Å². The van der Waals surface area contributed by atoms with E-state index in [-0.39, 0.29) is 18.1 Å². The van der Waals surface area contributed by atoms with Gasteiger partial charge in [0.25, 0.3) is 0 Å². The zero-order chi connectivity index (χ0) is 13.0. The summed E-state index contributed by atoms with van der Waals surface area (Å²) in [4.78, 5) is 14.8. The number of likely N-dealkylation sites (tertiary alicyclic amines) is 1. The van der Waals surface area contributed by atoms with Crippen molar-refractivity contribution in [2.45, 2.75) is 63.5 Å². The summed E-state index contributed by atoms with van der Waals surface area (Å²) >= 11 is 0. The van der Waals surface area contributed by atoms with E-state index in [0.717, 1.165) is 51.6 Å². The van der Waals surface area contributed by atoms with E-state index in [2.05, 4.69) is 17.1 Å². The first-order valence-corrected chi connectivity index (χ1v) is 7.34. The minimum Gasteiger partial charge on any atom is -0.396 e. The average Bonchev–Trinajstić information content (AvgIpc) is 2.84. The van der Waals surface area contributed by atoms with Gasteiger partial charge in [-0.2, -0.15) is 0 Å². The standard InChI is InChI=1S/C14H26N2O2/c1-14(8-2-3-9-15-14)13(18)16-10-4-6-12(16)7-5-11-17/h12,15,17H,2-11H2,1H3. The molecule has 0 saturated carbocycles. The maximum atomic E-state index is 12.7. The van der Waals surface area contributed by atoms with Crippen LogP contribution in [0.2, 0.25) is 0 Å². The van der Waals surface area contributed by atoms with Crippen molar-refractivity contribution in [3.63, 3.8) is 0 Å². The summed E-state index contributed by atoms with van der Waals surface area (Å²) in [7, 11) is 0. The smallest absolute Gasteiger partial charge is 0.242 e. The van der Waals surface area contributed by atoms with Crippen molar-refractivity contribution in [2.75, 3.05) is 19.7 Å². The van der Waals surface area contributed by atoms with Crippen molar-refractivity contribution in [1.29, 1.82) is 0 Å². The van der Waals surface area contributed by atoms with Crippen molar-refractivity contribution in [3.8, 4) is 0 Å². The lowest BCUT2D eigenvalue weighted by Gasteiger charge is -2.38. The van der Waals surface area contributed by atoms with Crippen LogP contribution in [0.5, 0.6) is 0 Å². The largest absolute Gasteiger partial charge is 0.396 e. The van der Waals surface area contributed by atoms with Gasteiger partial charge in [-0.1, -0.05) is 0 Å². The SMILES string of the molecule is CC1(C(=O)N2CCCC2CCCO)CCCCN1. The summed E-state index contributed by atoms with van der Waals surface area (Å²) in [6.45, 7) is 4.13. The highest BCUT2D eigenvalue weighted by Gasteiger charge is 2.40. The Balaban J connectivity index is 1.98. The molecule has 2 N–H and O–H groups in total. The van der Waals surface area contributed by atoms with Gasteiger partial charge in [0.2, 0.25) is 5.91 Å². The highest BCUT2D eigenvalue weighted by molar-refractivity contribution is 5.86. The number of nitrogens with one attached hydrogen (secondary N) is 1. The molecule has 0 bridgehead atoms. The third-order valence-electron chi connectivity index (χ3n) is 4.42. The van der Waals surface area contributed by atoms with Gasteiger partial charge in [-0.05, 0) is 58.4 Å². The van der Waals surface area contributed by atoms with Gasteiger partial charge in [0, 0.05) is 19.2 Å². The zero-order valence-corrected chi connectivity index (χ0v) is 11.5. The maximum absolute atomic E-state index is 12.7. The van der Waals surface area contributed by atoms with Gasteiger partial charge in [-0.15, -0.1) is 0 Å². The summed E-state index contributed by atoms with van der Waals surface area (Å²) < 4.78 is 0. The molecule has 2 aliphatic rings. The van der Waals surface area contributed by atoms with E-state index in [0.29, 0.717) is 6.04 Å². The predicted molar refractivity (Wildman–Crippen MR) is 71.3 cm³/mol. The first-order valence-electron chi connectivity index (χ1n) is 7.34. The summed E-state index contributed by atoms with van der Waals surface area (Å²) in [6.07, 6.45) is 7.23. The Morgan fingerprint density at radius 2 is 2.28 bits per heavy atom. The molecule has 2 saturated heterocycles. The van der Waals surface area contributed by atoms with Crippen LogP contribution >= 0.6 is 0 Å². The second-order valence-corrected chi connectivity index (χ2v) is 5.88. The van der Waals surface area contributed by atoms with E-state index in [9.17, 15) is 4.79 Å². The fourth-order valence-corrected chi connectivity index (χ4v) is 3.29. The molecule has 2 fully saturated rings. The molecule has 4 nitrogen and oxygen atoms in total. The van der Waals surface area contributed by atoms with Gasteiger partial charge in [0.1, 0.15) is 0 Å². The molecule has 2 rings (SSSR count). The quantitative estimate of drug-likeness (QED) is 0.794. The first kappa shape index (κ1) is 13.8. The lowest BCUT2D eigenvalue weighted by Crippen LogP contribution is -2.58. The molecule has 104 valence electrons. The van der Waals surface area contributed by atoms with E-state index in [4.69, 9.17) is 5.11 Å². The average molecular weight is 254 g/mol. The molecular formula is C14H26N2O2. The molecule has 0 aromatic rings. The van der Waals surface area contributed by atoms with Gasteiger partial charge in [0.05, 0.1) is 5.54 Å². The molecule has 0 spiro atoms. The minimum atomic E-state index is -0.347. The number of carbonyl (C=O) groups is 1. The monoisotopic (exact) mass is 254 g/mol. The van der Waals surface area contributed by atoms with Gasteiger partial charge >= 0.3 is 0 Å². The molecule has 0 aromatic heterocycles. The molecule has 4 heteroatoms. The van der Waals surface area contributed by atoms with Gasteiger partial charge in [-0.3, -0.25) is 4.79 Å². The number of hydrogen-bond acceptors (Lipinski definition) is 3. The normalized spacial score (nSPS) is 32.8. The van der Waals surface area contributed by atoms with Crippen LogP contribution in [0, 0.1) is 0 Å². The van der Waals surface area contributed by atoms with Gasteiger partial charge < -0.3 is 15.3 Å². The fourth-order valence-electron chi connectivity index (χ4n) is 3.29. The molecule has 1 amide bonds. The summed E-state index contributed by atoms with van der Waals surface area (Å²) in [5.74, 6) is 0.280. The number of aliphatic hydroxyl groups excluding tert-OH is 1. The second kappa shape index (κ2) is 6.02. The van der Waals surface area contributed by atoms with E-state index in [1.165, 1.54) is 6.42 Å². The maximum Gasteiger partial charge on any atom is 0.242 e. The number of nitrogens with zero attached hydrogens (tertiary/aromatic N) is 1. The van der Waals surface area contributed by atoms with E-state index < -0.39 is 0 Å². The molecular weight excluding hydrogens is 228 g/mol. The van der Waals surface area contributed by atoms with Crippen LogP contribution < -0.4 is 5.32 Å². The van der Waals surface area contributed by atoms with E-state index in [1.807, 2.05) is 0 Å². The number of carbonyl (C=O) groups excluding carboxylic acids is 1.